The molecule has 8 heteroatoms. The summed E-state index contributed by atoms with van der Waals surface area (Å²) in [6, 6.07) is 14.3. The van der Waals surface area contributed by atoms with E-state index >= 15 is 17.6 Å². The third-order valence-electron chi connectivity index (χ3n) is 5.17. The third-order valence-corrected chi connectivity index (χ3v) is 7.64. The van der Waals surface area contributed by atoms with Crippen molar-refractivity contribution < 1.29 is 26.7 Å². The summed E-state index contributed by atoms with van der Waals surface area (Å²) >= 11 is 2.16. The molecule has 0 N–H and O–H groups in total. The number of hydrogen-bond donors (Lipinski definition) is 0. The highest BCUT2D eigenvalue weighted by atomic mass is 32.1. The lowest BCUT2D eigenvalue weighted by atomic mass is 10.1. The Balaban J connectivity index is 1.81. The van der Waals surface area contributed by atoms with E-state index in [1.807, 2.05) is 0 Å². The van der Waals surface area contributed by atoms with Gasteiger partial charge in [0.1, 0.15) is 34.6 Å². The minimum Gasteiger partial charge on any atom is -0.203 e. The number of aromatic nitrogens is 2. The summed E-state index contributed by atoms with van der Waals surface area (Å²) in [5, 5.41) is 0.215. The summed E-state index contributed by atoms with van der Waals surface area (Å²) in [5.41, 5.74) is 0.0524. The molecule has 30 heavy (non-hydrogen) atoms. The number of rotatable bonds is 2. The Morgan fingerprint density at radius 1 is 0.567 bits per heavy atom. The molecule has 0 fully saturated rings. The van der Waals surface area contributed by atoms with Gasteiger partial charge in [0.05, 0.1) is 0 Å². The van der Waals surface area contributed by atoms with Crippen molar-refractivity contribution in [1.82, 2.24) is 0 Å². The van der Waals surface area contributed by atoms with Gasteiger partial charge in [0.15, 0.2) is 23.3 Å². The highest BCUT2D eigenvalue weighted by Gasteiger charge is 2.36. The van der Waals surface area contributed by atoms with Crippen LogP contribution in [-0.2, 0) is 14.1 Å². The van der Waals surface area contributed by atoms with Gasteiger partial charge in [0.2, 0.25) is 11.0 Å². The van der Waals surface area contributed by atoms with Crippen LogP contribution in [0.5, 0.6) is 0 Å². The lowest BCUT2D eigenvalue weighted by Gasteiger charge is -2.07. The molecular weight excluding hydrogens is 432 g/mol. The van der Waals surface area contributed by atoms with E-state index in [1.165, 1.54) is 0 Å². The molecule has 0 aliphatic rings. The first-order valence-electron chi connectivity index (χ1n) is 9.02. The smallest absolute Gasteiger partial charge is 0.203 e. The van der Waals surface area contributed by atoms with Crippen LogP contribution in [0.15, 0.2) is 48.5 Å². The molecule has 5 rings (SSSR count). The van der Waals surface area contributed by atoms with Gasteiger partial charge >= 0.3 is 0 Å². The van der Waals surface area contributed by atoms with Crippen LogP contribution in [0.25, 0.3) is 41.6 Å². The normalized spacial score (nSPS) is 11.7. The molecule has 2 nitrogen and oxygen atoms in total. The highest BCUT2D eigenvalue weighted by molar-refractivity contribution is 7.21. The second-order valence-electron chi connectivity index (χ2n) is 6.87. The summed E-state index contributed by atoms with van der Waals surface area (Å²) in [6.45, 7) is 0. The van der Waals surface area contributed by atoms with Crippen molar-refractivity contribution in [3.8, 4) is 21.1 Å². The summed E-state index contributed by atoms with van der Waals surface area (Å²) in [6.07, 6.45) is 0. The summed E-state index contributed by atoms with van der Waals surface area (Å²) in [7, 11) is 3.23. The quantitative estimate of drug-likeness (QED) is 0.188. The number of fused-ring (bicyclic) bond motifs is 2. The van der Waals surface area contributed by atoms with Crippen LogP contribution < -0.4 is 9.13 Å². The van der Waals surface area contributed by atoms with Gasteiger partial charge in [0, 0.05) is 12.1 Å². The van der Waals surface area contributed by atoms with E-state index < -0.39 is 34.4 Å². The minimum absolute atomic E-state index is 0.108. The van der Waals surface area contributed by atoms with Crippen LogP contribution in [0.1, 0.15) is 0 Å². The van der Waals surface area contributed by atoms with Crippen molar-refractivity contribution in [1.29, 1.82) is 0 Å². The standard InChI is InChI=1S/C22H14F4N2S2/c1-27-11-7-3-5-9-13(11)29-21(27)15-17(23)19(25)16(20(26)18(15)24)22-28(2)12-8-4-6-10-14(12)30-22/h3-10H,1-2H3/q+2. The van der Waals surface area contributed by atoms with Crippen LogP contribution in [0.4, 0.5) is 17.6 Å². The molecule has 0 radical (unpaired) electrons. The molecule has 0 bridgehead atoms. The SMILES string of the molecule is C[n+]1c(-c2c(F)c(F)c(-c3sc4ccccc4[n+]3C)c(F)c2F)sc2ccccc21. The van der Waals surface area contributed by atoms with E-state index in [0.29, 0.717) is 0 Å². The maximum Gasteiger partial charge on any atom is 0.276 e. The van der Waals surface area contributed by atoms with Gasteiger partial charge < -0.3 is 0 Å². The molecule has 0 spiro atoms. The zero-order valence-corrected chi connectivity index (χ0v) is 17.5. The first-order chi connectivity index (χ1) is 14.4. The molecule has 0 aliphatic heterocycles. The van der Waals surface area contributed by atoms with Crippen molar-refractivity contribution in [2.75, 3.05) is 0 Å². The van der Waals surface area contributed by atoms with Crippen LogP contribution in [0.3, 0.4) is 0 Å². The molecule has 0 atom stereocenters. The fourth-order valence-electron chi connectivity index (χ4n) is 3.65. The van der Waals surface area contributed by atoms with Crippen molar-refractivity contribution in [2.24, 2.45) is 14.1 Å². The van der Waals surface area contributed by atoms with E-state index in [2.05, 4.69) is 0 Å². The van der Waals surface area contributed by atoms with Gasteiger partial charge in [-0.3, -0.25) is 0 Å². The lowest BCUT2D eigenvalue weighted by Crippen LogP contribution is -2.30. The molecular formula is C22H14F4N2S2+2. The summed E-state index contributed by atoms with van der Waals surface area (Å²) in [5.74, 6) is -5.60. The largest absolute Gasteiger partial charge is 0.276 e. The number of thiazole rings is 2. The van der Waals surface area contributed by atoms with Gasteiger partial charge in [-0.25, -0.2) is 17.6 Å². The Labute approximate surface area is 176 Å². The van der Waals surface area contributed by atoms with Gasteiger partial charge in [-0.05, 0) is 12.1 Å². The Morgan fingerprint density at radius 2 is 0.900 bits per heavy atom. The molecule has 3 aromatic carbocycles. The molecule has 2 heterocycles. The Bertz CT molecular complexity index is 1330. The average molecular weight is 446 g/mol. The molecule has 0 unspecified atom stereocenters. The first kappa shape index (κ1) is 19.1. The maximum absolute atomic E-state index is 15.2. The van der Waals surface area contributed by atoms with Gasteiger partial charge in [-0.2, -0.15) is 9.13 Å². The minimum atomic E-state index is -1.40. The second-order valence-corrected chi connectivity index (χ2v) is 8.94. The van der Waals surface area contributed by atoms with E-state index in [1.54, 1.807) is 71.8 Å². The molecule has 150 valence electrons. The number of hydrogen-bond acceptors (Lipinski definition) is 2. The number of aryl methyl sites for hydroxylation is 2. The zero-order chi connectivity index (χ0) is 21.2. The predicted molar refractivity (Wildman–Crippen MR) is 110 cm³/mol. The topological polar surface area (TPSA) is 7.76 Å². The number of halogens is 4. The van der Waals surface area contributed by atoms with Gasteiger partial charge in [-0.15, -0.1) is 0 Å². The highest BCUT2D eigenvalue weighted by Crippen LogP contribution is 2.40. The van der Waals surface area contributed by atoms with Crippen LogP contribution in [-0.4, -0.2) is 0 Å². The van der Waals surface area contributed by atoms with E-state index in [4.69, 9.17) is 0 Å². The molecule has 0 saturated carbocycles. The Kier molecular flexibility index (Phi) is 4.37. The van der Waals surface area contributed by atoms with Crippen LogP contribution in [0.2, 0.25) is 0 Å². The van der Waals surface area contributed by atoms with Crippen LogP contribution >= 0.6 is 22.7 Å². The first-order valence-corrected chi connectivity index (χ1v) is 10.6. The third kappa shape index (κ3) is 2.60. The number of para-hydroxylation sites is 2. The molecule has 0 saturated heterocycles. The molecule has 2 aromatic heterocycles. The van der Waals surface area contributed by atoms with Gasteiger partial charge in [-0.1, -0.05) is 46.9 Å². The Morgan fingerprint density at radius 3 is 1.23 bits per heavy atom. The maximum atomic E-state index is 15.2. The number of benzene rings is 3. The fraction of sp³-hybridized carbons (Fsp3) is 0.0909. The predicted octanol–water partition coefficient (Wildman–Crippen LogP) is 5.66. The fourth-order valence-corrected chi connectivity index (χ4v) is 6.01. The van der Waals surface area contributed by atoms with Crippen molar-refractivity contribution in [2.45, 2.75) is 0 Å². The molecule has 0 amide bonds. The number of nitrogens with zero attached hydrogens (tertiary/aromatic N) is 2. The van der Waals surface area contributed by atoms with Crippen molar-refractivity contribution in [3.05, 3.63) is 71.8 Å². The average Bonchev–Trinajstić information content (AvgIpc) is 3.25. The van der Waals surface area contributed by atoms with Gasteiger partial charge in [0.25, 0.3) is 10.0 Å². The van der Waals surface area contributed by atoms with Crippen molar-refractivity contribution in [3.63, 3.8) is 0 Å². The lowest BCUT2D eigenvalue weighted by molar-refractivity contribution is -0.630. The zero-order valence-electron chi connectivity index (χ0n) is 15.8. The van der Waals surface area contributed by atoms with Crippen molar-refractivity contribution >= 4 is 43.1 Å². The molecule has 0 aliphatic carbocycles. The summed E-state index contributed by atoms with van der Waals surface area (Å²) < 4.78 is 65.3. The van der Waals surface area contributed by atoms with E-state index in [0.717, 1.165) is 43.1 Å². The van der Waals surface area contributed by atoms with E-state index in [9.17, 15) is 0 Å². The second kappa shape index (κ2) is 6.85. The monoisotopic (exact) mass is 446 g/mol. The Hall–Kier alpha value is -2.84. The summed E-state index contributed by atoms with van der Waals surface area (Å²) in [4.78, 5) is 0. The molecule has 5 aromatic rings. The van der Waals surface area contributed by atoms with Crippen LogP contribution in [0, 0.1) is 23.3 Å². The van der Waals surface area contributed by atoms with E-state index in [-0.39, 0.29) is 10.0 Å².